The van der Waals surface area contributed by atoms with Crippen LogP contribution in [0.25, 0.3) is 0 Å². The molecule has 2 saturated heterocycles. The van der Waals surface area contributed by atoms with Gasteiger partial charge in [0.1, 0.15) is 0 Å². The van der Waals surface area contributed by atoms with E-state index in [1.165, 1.54) is 4.88 Å². The van der Waals surface area contributed by atoms with Crippen molar-refractivity contribution < 1.29 is 13.2 Å². The summed E-state index contributed by atoms with van der Waals surface area (Å²) < 4.78 is 27.3. The maximum absolute atomic E-state index is 12.9. The van der Waals surface area contributed by atoms with Crippen molar-refractivity contribution in [3.63, 3.8) is 0 Å². The molecule has 6 nitrogen and oxygen atoms in total. The van der Waals surface area contributed by atoms with Crippen molar-refractivity contribution in [2.24, 2.45) is 5.92 Å². The number of carbonyl (C=O) groups excluding carboxylic acids is 1. The first-order valence-corrected chi connectivity index (χ1v) is 12.9. The zero-order chi connectivity index (χ0) is 21.1. The van der Waals surface area contributed by atoms with E-state index in [1.807, 2.05) is 4.90 Å². The zero-order valence-corrected chi connectivity index (χ0v) is 19.0. The van der Waals surface area contributed by atoms with Crippen molar-refractivity contribution in [3.05, 3.63) is 52.2 Å². The van der Waals surface area contributed by atoms with Crippen LogP contribution in [0.3, 0.4) is 0 Å². The Kier molecular flexibility index (Phi) is 6.57. The molecule has 8 heteroatoms. The predicted octanol–water partition coefficient (Wildman–Crippen LogP) is 3.13. The van der Waals surface area contributed by atoms with E-state index in [4.69, 9.17) is 0 Å². The Bertz CT molecular complexity index is 942. The van der Waals surface area contributed by atoms with Gasteiger partial charge in [0.2, 0.25) is 10.0 Å². The quantitative estimate of drug-likeness (QED) is 0.707. The first-order chi connectivity index (χ1) is 14.4. The fourth-order valence-corrected chi connectivity index (χ4v) is 6.27. The predicted molar refractivity (Wildman–Crippen MR) is 119 cm³/mol. The van der Waals surface area contributed by atoms with Crippen LogP contribution in [0.1, 0.15) is 35.0 Å². The summed E-state index contributed by atoms with van der Waals surface area (Å²) in [6.07, 6.45) is 1.79. The molecule has 1 amide bonds. The first kappa shape index (κ1) is 21.5. The normalized spacial score (nSPS) is 19.8. The van der Waals surface area contributed by atoms with E-state index >= 15 is 0 Å². The molecule has 2 aliphatic rings. The van der Waals surface area contributed by atoms with Gasteiger partial charge in [-0.15, -0.1) is 11.3 Å². The first-order valence-electron chi connectivity index (χ1n) is 10.6. The van der Waals surface area contributed by atoms with E-state index in [9.17, 15) is 13.2 Å². The van der Waals surface area contributed by atoms with Crippen LogP contribution in [0.2, 0.25) is 0 Å². The van der Waals surface area contributed by atoms with Gasteiger partial charge in [0.15, 0.2) is 0 Å². The van der Waals surface area contributed by atoms with Crippen LogP contribution in [-0.2, 0) is 16.6 Å². The molecule has 1 aromatic carbocycles. The highest BCUT2D eigenvalue weighted by Crippen LogP contribution is 2.24. The molecule has 0 saturated carbocycles. The third kappa shape index (κ3) is 4.77. The molecule has 0 atom stereocenters. The van der Waals surface area contributed by atoms with Gasteiger partial charge >= 0.3 is 0 Å². The number of amides is 1. The molecule has 0 radical (unpaired) electrons. The molecular formula is C22H29N3O3S2. The Morgan fingerprint density at radius 2 is 1.67 bits per heavy atom. The molecule has 3 heterocycles. The summed E-state index contributed by atoms with van der Waals surface area (Å²) in [5.74, 6) is 0.545. The highest BCUT2D eigenvalue weighted by molar-refractivity contribution is 7.89. The van der Waals surface area contributed by atoms with E-state index in [2.05, 4.69) is 29.3 Å². The van der Waals surface area contributed by atoms with Gasteiger partial charge in [-0.25, -0.2) is 8.42 Å². The third-order valence-electron chi connectivity index (χ3n) is 6.10. The Morgan fingerprint density at radius 1 is 1.00 bits per heavy atom. The number of nitrogens with zero attached hydrogens (tertiary/aromatic N) is 3. The van der Waals surface area contributed by atoms with Crippen LogP contribution >= 0.6 is 11.3 Å². The van der Waals surface area contributed by atoms with Crippen molar-refractivity contribution in [3.8, 4) is 0 Å². The highest BCUT2D eigenvalue weighted by Gasteiger charge is 2.28. The van der Waals surface area contributed by atoms with Crippen LogP contribution in [0.4, 0.5) is 0 Å². The minimum Gasteiger partial charge on any atom is -0.336 e. The van der Waals surface area contributed by atoms with Gasteiger partial charge in [-0.1, -0.05) is 13.0 Å². The van der Waals surface area contributed by atoms with Crippen molar-refractivity contribution >= 4 is 27.3 Å². The molecule has 4 rings (SSSR count). The molecule has 0 aliphatic carbocycles. The Labute approximate surface area is 183 Å². The number of piperazine rings is 1. The van der Waals surface area contributed by atoms with E-state index < -0.39 is 10.0 Å². The van der Waals surface area contributed by atoms with Crippen LogP contribution in [0.5, 0.6) is 0 Å². The van der Waals surface area contributed by atoms with Gasteiger partial charge in [0, 0.05) is 56.3 Å². The summed E-state index contributed by atoms with van der Waals surface area (Å²) in [7, 11) is -3.48. The third-order valence-corrected chi connectivity index (χ3v) is 8.87. The minimum absolute atomic E-state index is 0.0264. The molecule has 0 bridgehead atoms. The summed E-state index contributed by atoms with van der Waals surface area (Å²) in [4.78, 5) is 18.7. The molecule has 1 aromatic heterocycles. The smallest absolute Gasteiger partial charge is 0.253 e. The van der Waals surface area contributed by atoms with Crippen LogP contribution in [0.15, 0.2) is 46.7 Å². The Morgan fingerprint density at radius 3 is 2.27 bits per heavy atom. The lowest BCUT2D eigenvalue weighted by Gasteiger charge is -2.34. The number of thiophene rings is 1. The average molecular weight is 448 g/mol. The van der Waals surface area contributed by atoms with Crippen LogP contribution in [0, 0.1) is 5.92 Å². The van der Waals surface area contributed by atoms with Gasteiger partial charge in [0.05, 0.1) is 4.90 Å². The second-order valence-corrected chi connectivity index (χ2v) is 11.2. The summed E-state index contributed by atoms with van der Waals surface area (Å²) in [5.41, 5.74) is 0.549. The van der Waals surface area contributed by atoms with Crippen molar-refractivity contribution in [2.45, 2.75) is 31.2 Å². The summed E-state index contributed by atoms with van der Waals surface area (Å²) >= 11 is 1.76. The van der Waals surface area contributed by atoms with E-state index in [1.54, 1.807) is 39.9 Å². The lowest BCUT2D eigenvalue weighted by molar-refractivity contribution is 0.0629. The molecule has 2 aliphatic heterocycles. The SMILES string of the molecule is CC1CCN(S(=O)(=O)c2ccc(C(=O)N3CCN(Cc4cccs4)CC3)cc2)CC1. The lowest BCUT2D eigenvalue weighted by Crippen LogP contribution is -2.48. The highest BCUT2D eigenvalue weighted by atomic mass is 32.2. The maximum Gasteiger partial charge on any atom is 0.253 e. The summed E-state index contributed by atoms with van der Waals surface area (Å²) in [6.45, 7) is 7.31. The number of carbonyl (C=O) groups is 1. The molecule has 2 fully saturated rings. The fraction of sp³-hybridized carbons (Fsp3) is 0.500. The Hall–Kier alpha value is -1.74. The standard InChI is InChI=1S/C22H29N3O3S2/c1-18-8-10-25(11-9-18)30(27,28)21-6-4-19(5-7-21)22(26)24-14-12-23(13-15-24)17-20-3-2-16-29-20/h2-7,16,18H,8-15,17H2,1H3. The van der Waals surface area contributed by atoms with Crippen LogP contribution in [-0.4, -0.2) is 67.7 Å². The molecular weight excluding hydrogens is 418 g/mol. The number of benzene rings is 1. The summed E-state index contributed by atoms with van der Waals surface area (Å²) in [6, 6.07) is 10.7. The Balaban J connectivity index is 1.35. The monoisotopic (exact) mass is 447 g/mol. The molecule has 2 aromatic rings. The zero-order valence-electron chi connectivity index (χ0n) is 17.4. The molecule has 0 spiro atoms. The summed E-state index contributed by atoms with van der Waals surface area (Å²) in [5, 5.41) is 2.09. The molecule has 30 heavy (non-hydrogen) atoms. The number of sulfonamides is 1. The number of piperidine rings is 1. The van der Waals surface area contributed by atoms with Gasteiger partial charge in [0.25, 0.3) is 5.91 Å². The van der Waals surface area contributed by atoms with Gasteiger partial charge < -0.3 is 4.90 Å². The van der Waals surface area contributed by atoms with E-state index in [0.29, 0.717) is 37.7 Å². The number of hydrogen-bond donors (Lipinski definition) is 0. The van der Waals surface area contributed by atoms with Gasteiger partial charge in [-0.05, 0) is 54.5 Å². The largest absolute Gasteiger partial charge is 0.336 e. The van der Waals surface area contributed by atoms with Crippen LogP contribution < -0.4 is 0 Å². The van der Waals surface area contributed by atoms with Crippen molar-refractivity contribution in [1.29, 1.82) is 0 Å². The number of rotatable bonds is 5. The van der Waals surface area contributed by atoms with E-state index in [0.717, 1.165) is 32.5 Å². The van der Waals surface area contributed by atoms with Gasteiger partial charge in [-0.3, -0.25) is 9.69 Å². The molecule has 0 N–H and O–H groups in total. The molecule has 162 valence electrons. The molecule has 0 unspecified atom stereocenters. The average Bonchev–Trinajstić information content (AvgIpc) is 3.27. The fourth-order valence-electron chi connectivity index (χ4n) is 4.06. The minimum atomic E-state index is -3.48. The second-order valence-electron chi connectivity index (χ2n) is 8.26. The number of hydrogen-bond acceptors (Lipinski definition) is 5. The van der Waals surface area contributed by atoms with Crippen molar-refractivity contribution in [2.75, 3.05) is 39.3 Å². The van der Waals surface area contributed by atoms with E-state index in [-0.39, 0.29) is 10.8 Å². The topological polar surface area (TPSA) is 60.9 Å². The van der Waals surface area contributed by atoms with Crippen molar-refractivity contribution in [1.82, 2.24) is 14.1 Å². The second kappa shape index (κ2) is 9.18. The van der Waals surface area contributed by atoms with Gasteiger partial charge in [-0.2, -0.15) is 4.31 Å². The lowest BCUT2D eigenvalue weighted by atomic mass is 10.0. The maximum atomic E-state index is 12.9.